The van der Waals surface area contributed by atoms with Gasteiger partial charge in [0, 0.05) is 36.0 Å². The lowest BCUT2D eigenvalue weighted by Crippen LogP contribution is -2.28. The van der Waals surface area contributed by atoms with Crippen molar-refractivity contribution < 1.29 is 18.9 Å². The molecule has 0 atom stereocenters. The Labute approximate surface area is 213 Å². The van der Waals surface area contributed by atoms with Crippen molar-refractivity contribution in [2.45, 2.75) is 65.7 Å². The number of nitro groups is 1. The molecule has 36 heavy (non-hydrogen) atoms. The summed E-state index contributed by atoms with van der Waals surface area (Å²) in [6, 6.07) is 11.5. The van der Waals surface area contributed by atoms with E-state index in [1.807, 2.05) is 19.1 Å². The van der Waals surface area contributed by atoms with Crippen molar-refractivity contribution >= 4 is 22.4 Å². The second kappa shape index (κ2) is 13.8. The van der Waals surface area contributed by atoms with Gasteiger partial charge in [0.2, 0.25) is 0 Å². The van der Waals surface area contributed by atoms with Gasteiger partial charge in [-0.1, -0.05) is 33.6 Å². The fraction of sp³-hybridized carbons (Fsp3) is 0.483. The lowest BCUT2D eigenvalue weighted by Gasteiger charge is -2.21. The van der Waals surface area contributed by atoms with Gasteiger partial charge in [0.25, 0.3) is 5.69 Å². The molecule has 3 rings (SSSR count). The van der Waals surface area contributed by atoms with E-state index in [0.29, 0.717) is 40.9 Å². The number of rotatable bonds is 16. The summed E-state index contributed by atoms with van der Waals surface area (Å²) in [5.74, 6) is 1.09. The molecule has 1 heterocycles. The summed E-state index contributed by atoms with van der Waals surface area (Å²) in [5, 5.41) is 11.8. The summed E-state index contributed by atoms with van der Waals surface area (Å²) in [7, 11) is 0. The number of nitro benzene ring substituents is 1. The number of benzene rings is 2. The Kier molecular flexibility index (Phi) is 10.5. The van der Waals surface area contributed by atoms with E-state index in [4.69, 9.17) is 9.15 Å². The van der Waals surface area contributed by atoms with Crippen LogP contribution in [0.4, 0.5) is 5.69 Å². The van der Waals surface area contributed by atoms with Crippen LogP contribution < -0.4 is 4.74 Å². The average molecular weight is 495 g/mol. The lowest BCUT2D eigenvalue weighted by molar-refractivity contribution is -0.384. The molecule has 0 N–H and O–H groups in total. The third kappa shape index (κ3) is 7.17. The first-order valence-electron chi connectivity index (χ1n) is 13.2. The Morgan fingerprint density at radius 1 is 0.944 bits per heavy atom. The molecular formula is C29H38N2O5. The number of unbranched alkanes of at least 4 members (excludes halogenated alkanes) is 2. The number of hydrogen-bond acceptors (Lipinski definition) is 6. The van der Waals surface area contributed by atoms with Crippen molar-refractivity contribution in [3.63, 3.8) is 0 Å². The van der Waals surface area contributed by atoms with Gasteiger partial charge in [-0.3, -0.25) is 14.9 Å². The second-order valence-electron chi connectivity index (χ2n) is 9.19. The monoisotopic (exact) mass is 494 g/mol. The van der Waals surface area contributed by atoms with E-state index in [0.717, 1.165) is 38.2 Å². The van der Waals surface area contributed by atoms with Gasteiger partial charge >= 0.3 is 0 Å². The summed E-state index contributed by atoms with van der Waals surface area (Å²) in [6.45, 7) is 10.4. The zero-order chi connectivity index (χ0) is 25.9. The highest BCUT2D eigenvalue weighted by molar-refractivity contribution is 6.17. The zero-order valence-electron chi connectivity index (χ0n) is 21.8. The summed E-state index contributed by atoms with van der Waals surface area (Å²) in [6.07, 6.45) is 7.18. The van der Waals surface area contributed by atoms with Crippen LogP contribution >= 0.6 is 0 Å². The molecule has 0 spiro atoms. The first-order chi connectivity index (χ1) is 17.5. The summed E-state index contributed by atoms with van der Waals surface area (Å²) in [4.78, 5) is 26.8. The Bertz CT molecular complexity index is 1130. The largest absolute Gasteiger partial charge is 0.494 e. The van der Waals surface area contributed by atoms with Gasteiger partial charge < -0.3 is 14.1 Å². The summed E-state index contributed by atoms with van der Waals surface area (Å²) < 4.78 is 11.8. The Hall–Kier alpha value is -3.19. The molecule has 0 saturated heterocycles. The molecule has 0 saturated carbocycles. The Balaban J connectivity index is 1.67. The van der Waals surface area contributed by atoms with Crippen molar-refractivity contribution in [1.29, 1.82) is 0 Å². The molecule has 0 unspecified atom stereocenters. The van der Waals surface area contributed by atoms with Crippen LogP contribution in [-0.4, -0.2) is 41.8 Å². The van der Waals surface area contributed by atoms with Crippen LogP contribution in [0.3, 0.4) is 0 Å². The van der Waals surface area contributed by atoms with Gasteiger partial charge in [-0.15, -0.1) is 0 Å². The van der Waals surface area contributed by atoms with Gasteiger partial charge in [0.1, 0.15) is 17.1 Å². The zero-order valence-corrected chi connectivity index (χ0v) is 21.8. The molecule has 0 fully saturated rings. The van der Waals surface area contributed by atoms with E-state index in [-0.39, 0.29) is 11.5 Å². The molecule has 194 valence electrons. The second-order valence-corrected chi connectivity index (χ2v) is 9.19. The van der Waals surface area contributed by atoms with Crippen LogP contribution in [0, 0.1) is 10.1 Å². The van der Waals surface area contributed by atoms with E-state index < -0.39 is 4.92 Å². The molecule has 0 bridgehead atoms. The van der Waals surface area contributed by atoms with Crippen LogP contribution in [-0.2, 0) is 6.42 Å². The van der Waals surface area contributed by atoms with Gasteiger partial charge in [-0.2, -0.15) is 0 Å². The quantitative estimate of drug-likeness (QED) is 0.0906. The maximum atomic E-state index is 13.4. The number of ketones is 1. The van der Waals surface area contributed by atoms with Crippen molar-refractivity contribution in [3.05, 3.63) is 69.5 Å². The number of non-ortho nitro benzene ring substituents is 1. The number of fused-ring (bicyclic) bond motifs is 1. The normalized spacial score (nSPS) is 11.3. The van der Waals surface area contributed by atoms with Gasteiger partial charge in [-0.05, 0) is 69.1 Å². The number of nitrogens with zero attached hydrogens (tertiary/aromatic N) is 2. The van der Waals surface area contributed by atoms with Crippen LogP contribution in [0.1, 0.15) is 81.0 Å². The van der Waals surface area contributed by atoms with Crippen LogP contribution in [0.2, 0.25) is 0 Å². The molecule has 1 aromatic heterocycles. The third-order valence-corrected chi connectivity index (χ3v) is 6.32. The number of aryl methyl sites for hydroxylation is 1. The first kappa shape index (κ1) is 27.4. The molecule has 0 radical (unpaired) electrons. The molecule has 0 aliphatic carbocycles. The van der Waals surface area contributed by atoms with Gasteiger partial charge in [0.15, 0.2) is 5.78 Å². The number of hydrogen-bond donors (Lipinski definition) is 0. The van der Waals surface area contributed by atoms with Crippen molar-refractivity contribution in [3.8, 4) is 5.75 Å². The van der Waals surface area contributed by atoms with E-state index in [1.54, 1.807) is 18.2 Å². The van der Waals surface area contributed by atoms with E-state index in [2.05, 4.69) is 18.7 Å². The molecule has 7 heteroatoms. The van der Waals surface area contributed by atoms with E-state index in [1.165, 1.54) is 37.8 Å². The molecule has 3 aromatic rings. The van der Waals surface area contributed by atoms with Gasteiger partial charge in [0.05, 0.1) is 17.1 Å². The molecule has 2 aromatic carbocycles. The van der Waals surface area contributed by atoms with Crippen molar-refractivity contribution in [2.24, 2.45) is 0 Å². The van der Waals surface area contributed by atoms with E-state index >= 15 is 0 Å². The van der Waals surface area contributed by atoms with Crippen LogP contribution in [0.15, 0.2) is 46.9 Å². The Morgan fingerprint density at radius 3 is 2.22 bits per heavy atom. The third-order valence-electron chi connectivity index (χ3n) is 6.32. The minimum Gasteiger partial charge on any atom is -0.494 e. The van der Waals surface area contributed by atoms with Crippen molar-refractivity contribution in [1.82, 2.24) is 4.90 Å². The first-order valence-corrected chi connectivity index (χ1v) is 13.2. The standard InChI is InChI=1S/C29H38N2O5/c1-4-7-17-30(18-8-5-2)19-9-20-35-24-14-11-22(12-15-24)29(32)28-25-21-23(31(33)34)13-16-26(25)36-27(28)10-6-3/h11-16,21H,4-10,17-20H2,1-3H3. The highest BCUT2D eigenvalue weighted by atomic mass is 16.6. The molecule has 7 nitrogen and oxygen atoms in total. The van der Waals surface area contributed by atoms with E-state index in [9.17, 15) is 14.9 Å². The number of carbonyl (C=O) groups is 1. The fourth-order valence-electron chi connectivity index (χ4n) is 4.33. The van der Waals surface area contributed by atoms with Crippen molar-refractivity contribution in [2.75, 3.05) is 26.2 Å². The smallest absolute Gasteiger partial charge is 0.270 e. The average Bonchev–Trinajstić information content (AvgIpc) is 3.24. The highest BCUT2D eigenvalue weighted by Gasteiger charge is 2.23. The maximum absolute atomic E-state index is 13.4. The Morgan fingerprint density at radius 2 is 1.61 bits per heavy atom. The number of carbonyl (C=O) groups excluding carboxylic acids is 1. The SMILES string of the molecule is CCCCN(CCCC)CCCOc1ccc(C(=O)c2c(CCC)oc3ccc([N+](=O)[O-])cc23)cc1. The lowest BCUT2D eigenvalue weighted by atomic mass is 9.98. The molecular weight excluding hydrogens is 456 g/mol. The number of ether oxygens (including phenoxy) is 1. The predicted octanol–water partition coefficient (Wildman–Crippen LogP) is 7.20. The highest BCUT2D eigenvalue weighted by Crippen LogP contribution is 2.32. The summed E-state index contributed by atoms with van der Waals surface area (Å²) in [5.41, 5.74) is 1.33. The molecule has 0 amide bonds. The van der Waals surface area contributed by atoms with Crippen LogP contribution in [0.25, 0.3) is 11.0 Å². The molecule has 0 aliphatic rings. The fourth-order valence-corrected chi connectivity index (χ4v) is 4.33. The van der Waals surface area contributed by atoms with Crippen LogP contribution in [0.5, 0.6) is 5.75 Å². The maximum Gasteiger partial charge on any atom is 0.270 e. The summed E-state index contributed by atoms with van der Waals surface area (Å²) >= 11 is 0. The van der Waals surface area contributed by atoms with Gasteiger partial charge in [-0.25, -0.2) is 0 Å². The minimum atomic E-state index is -0.459. The topological polar surface area (TPSA) is 85.8 Å². The number of furan rings is 1. The molecule has 0 aliphatic heterocycles. The minimum absolute atomic E-state index is 0.0629. The predicted molar refractivity (Wildman–Crippen MR) is 143 cm³/mol.